The molecule has 0 radical (unpaired) electrons. The molecule has 29 heavy (non-hydrogen) atoms. The van der Waals surface area contributed by atoms with E-state index in [0.717, 1.165) is 22.0 Å². The van der Waals surface area contributed by atoms with Gasteiger partial charge in [-0.3, -0.25) is 4.79 Å². The number of benzene rings is 2. The number of nitrogens with one attached hydrogen (secondary N) is 2. The van der Waals surface area contributed by atoms with Gasteiger partial charge in [-0.2, -0.15) is 0 Å². The number of amides is 1. The Bertz CT molecular complexity index is 1180. The Labute approximate surface area is 166 Å². The summed E-state index contributed by atoms with van der Waals surface area (Å²) >= 11 is 0. The monoisotopic (exact) mass is 389 g/mol. The maximum Gasteiger partial charge on any atom is 0.326 e. The van der Waals surface area contributed by atoms with Crippen molar-refractivity contribution in [3.05, 3.63) is 77.7 Å². The molecule has 7 heteroatoms. The van der Waals surface area contributed by atoms with Crippen LogP contribution in [0.3, 0.4) is 0 Å². The van der Waals surface area contributed by atoms with Gasteiger partial charge < -0.3 is 19.9 Å². The van der Waals surface area contributed by atoms with Crippen molar-refractivity contribution in [3.8, 4) is 11.3 Å². The van der Waals surface area contributed by atoms with E-state index in [1.54, 1.807) is 13.1 Å². The number of carbonyl (C=O) groups excluding carboxylic acids is 1. The summed E-state index contributed by atoms with van der Waals surface area (Å²) in [6, 6.07) is 15.7. The molecule has 0 fully saturated rings. The molecule has 146 valence electrons. The molecule has 4 aromatic rings. The molecule has 2 aromatic carbocycles. The van der Waals surface area contributed by atoms with Gasteiger partial charge in [0, 0.05) is 29.1 Å². The molecule has 1 atom stereocenters. The maximum atomic E-state index is 12.9. The quantitative estimate of drug-likeness (QED) is 0.467. The third kappa shape index (κ3) is 3.62. The summed E-state index contributed by atoms with van der Waals surface area (Å²) in [6.07, 6.45) is 1.92. The Balaban J connectivity index is 1.61. The molecule has 0 aliphatic heterocycles. The standard InChI is InChI=1S/C22H19N3O4/c1-13-19(20(25-29-13)14-7-3-2-4-8-14)21(26)24-18(22(27)28)11-15-12-23-17-10-6-5-9-16(15)17/h2-10,12,18,23H,11H2,1H3,(H,24,26)(H,27,28)/t18-/m1/s1. The third-order valence-corrected chi connectivity index (χ3v) is 4.84. The number of aromatic amines is 1. The average Bonchev–Trinajstić information content (AvgIpc) is 3.31. The Hall–Kier alpha value is -3.87. The van der Waals surface area contributed by atoms with Crippen molar-refractivity contribution in [2.45, 2.75) is 19.4 Å². The lowest BCUT2D eigenvalue weighted by Crippen LogP contribution is -2.42. The number of hydrogen-bond acceptors (Lipinski definition) is 4. The molecule has 3 N–H and O–H groups in total. The number of nitrogens with zero attached hydrogens (tertiary/aromatic N) is 1. The van der Waals surface area contributed by atoms with Crippen LogP contribution in [0.4, 0.5) is 0 Å². The fourth-order valence-corrected chi connectivity index (χ4v) is 3.38. The highest BCUT2D eigenvalue weighted by Crippen LogP contribution is 2.25. The second-order valence-electron chi connectivity index (χ2n) is 6.76. The largest absolute Gasteiger partial charge is 0.480 e. The molecule has 0 aliphatic rings. The van der Waals surface area contributed by atoms with E-state index >= 15 is 0 Å². The van der Waals surface area contributed by atoms with Crippen LogP contribution in [0.1, 0.15) is 21.7 Å². The predicted octanol–water partition coefficient (Wildman–Crippen LogP) is 3.56. The smallest absolute Gasteiger partial charge is 0.326 e. The van der Waals surface area contributed by atoms with Gasteiger partial charge >= 0.3 is 5.97 Å². The fraction of sp³-hybridized carbons (Fsp3) is 0.136. The fourth-order valence-electron chi connectivity index (χ4n) is 3.38. The molecular weight excluding hydrogens is 370 g/mol. The van der Waals surface area contributed by atoms with Crippen LogP contribution in [-0.4, -0.2) is 33.2 Å². The van der Waals surface area contributed by atoms with Gasteiger partial charge in [0.1, 0.15) is 23.1 Å². The normalized spacial score (nSPS) is 12.0. The Morgan fingerprint density at radius 1 is 1.14 bits per heavy atom. The highest BCUT2D eigenvalue weighted by atomic mass is 16.5. The highest BCUT2D eigenvalue weighted by Gasteiger charge is 2.27. The van der Waals surface area contributed by atoms with Gasteiger partial charge in [0.25, 0.3) is 5.91 Å². The summed E-state index contributed by atoms with van der Waals surface area (Å²) in [5.41, 5.74) is 3.08. The van der Waals surface area contributed by atoms with Crippen LogP contribution in [0.25, 0.3) is 22.2 Å². The van der Waals surface area contributed by atoms with E-state index in [2.05, 4.69) is 15.5 Å². The van der Waals surface area contributed by atoms with Crippen molar-refractivity contribution in [2.24, 2.45) is 0 Å². The minimum Gasteiger partial charge on any atom is -0.480 e. The van der Waals surface area contributed by atoms with Gasteiger partial charge in [0.2, 0.25) is 0 Å². The summed E-state index contributed by atoms with van der Waals surface area (Å²) in [5, 5.41) is 17.2. The molecule has 1 amide bonds. The molecule has 2 heterocycles. The lowest BCUT2D eigenvalue weighted by Gasteiger charge is -2.14. The molecule has 4 rings (SSSR count). The van der Waals surface area contributed by atoms with Crippen molar-refractivity contribution in [1.29, 1.82) is 0 Å². The molecule has 0 saturated carbocycles. The van der Waals surface area contributed by atoms with Crippen molar-refractivity contribution in [3.63, 3.8) is 0 Å². The lowest BCUT2D eigenvalue weighted by molar-refractivity contribution is -0.139. The molecule has 7 nitrogen and oxygen atoms in total. The van der Waals surface area contributed by atoms with Crippen molar-refractivity contribution < 1.29 is 19.2 Å². The van der Waals surface area contributed by atoms with E-state index in [1.807, 2.05) is 54.6 Å². The summed E-state index contributed by atoms with van der Waals surface area (Å²) in [5.74, 6) is -1.31. The van der Waals surface area contributed by atoms with Crippen LogP contribution in [0.2, 0.25) is 0 Å². The van der Waals surface area contributed by atoms with Crippen molar-refractivity contribution in [1.82, 2.24) is 15.5 Å². The number of hydrogen-bond donors (Lipinski definition) is 3. The Kier molecular flexibility index (Phi) is 4.87. The third-order valence-electron chi connectivity index (χ3n) is 4.84. The molecular formula is C22H19N3O4. The summed E-state index contributed by atoms with van der Waals surface area (Å²) < 4.78 is 5.21. The van der Waals surface area contributed by atoms with E-state index in [0.29, 0.717) is 11.5 Å². The number of carboxylic acids is 1. The number of fused-ring (bicyclic) bond motifs is 1. The number of aryl methyl sites for hydroxylation is 1. The summed E-state index contributed by atoms with van der Waals surface area (Å²) in [4.78, 5) is 27.9. The molecule has 0 saturated heterocycles. The molecule has 0 bridgehead atoms. The molecule has 0 spiro atoms. The Morgan fingerprint density at radius 2 is 1.86 bits per heavy atom. The van der Waals surface area contributed by atoms with Gasteiger partial charge in [0.15, 0.2) is 0 Å². The average molecular weight is 389 g/mol. The number of para-hydroxylation sites is 1. The first-order valence-corrected chi connectivity index (χ1v) is 9.15. The zero-order valence-electron chi connectivity index (χ0n) is 15.7. The second kappa shape index (κ2) is 7.63. The first kappa shape index (κ1) is 18.5. The number of carboxylic acid groups (broad SMARTS) is 1. The Morgan fingerprint density at radius 3 is 2.62 bits per heavy atom. The summed E-state index contributed by atoms with van der Waals surface area (Å²) in [7, 11) is 0. The number of carbonyl (C=O) groups is 2. The zero-order chi connectivity index (χ0) is 20.4. The van der Waals surface area contributed by atoms with E-state index in [9.17, 15) is 14.7 Å². The molecule has 2 aromatic heterocycles. The van der Waals surface area contributed by atoms with Crippen molar-refractivity contribution >= 4 is 22.8 Å². The van der Waals surface area contributed by atoms with Crippen molar-refractivity contribution in [2.75, 3.05) is 0 Å². The van der Waals surface area contributed by atoms with Crippen LogP contribution in [-0.2, 0) is 11.2 Å². The van der Waals surface area contributed by atoms with Gasteiger partial charge in [0.05, 0.1) is 0 Å². The second-order valence-corrected chi connectivity index (χ2v) is 6.76. The van der Waals surface area contributed by atoms with Gasteiger partial charge in [-0.1, -0.05) is 53.7 Å². The van der Waals surface area contributed by atoms with Crippen LogP contribution in [0, 0.1) is 6.92 Å². The first-order chi connectivity index (χ1) is 14.0. The zero-order valence-corrected chi connectivity index (χ0v) is 15.7. The van der Waals surface area contributed by atoms with Crippen LogP contribution >= 0.6 is 0 Å². The number of rotatable bonds is 6. The minimum atomic E-state index is -1.11. The number of H-pyrrole nitrogens is 1. The highest BCUT2D eigenvalue weighted by molar-refractivity contribution is 6.02. The van der Waals surface area contributed by atoms with E-state index < -0.39 is 17.9 Å². The van der Waals surface area contributed by atoms with E-state index in [1.165, 1.54) is 0 Å². The van der Waals surface area contributed by atoms with E-state index in [-0.39, 0.29) is 12.0 Å². The number of aromatic nitrogens is 2. The number of aliphatic carboxylic acids is 1. The van der Waals surface area contributed by atoms with Gasteiger partial charge in [-0.15, -0.1) is 0 Å². The van der Waals surface area contributed by atoms with Crippen LogP contribution in [0.15, 0.2) is 65.3 Å². The molecule has 0 unspecified atom stereocenters. The molecule has 0 aliphatic carbocycles. The van der Waals surface area contributed by atoms with Gasteiger partial charge in [-0.05, 0) is 18.6 Å². The van der Waals surface area contributed by atoms with Gasteiger partial charge in [-0.25, -0.2) is 4.79 Å². The summed E-state index contributed by atoms with van der Waals surface area (Å²) in [6.45, 7) is 1.63. The topological polar surface area (TPSA) is 108 Å². The predicted molar refractivity (Wildman–Crippen MR) is 108 cm³/mol. The van der Waals surface area contributed by atoms with E-state index in [4.69, 9.17) is 4.52 Å². The minimum absolute atomic E-state index is 0.149. The SMILES string of the molecule is Cc1onc(-c2ccccc2)c1C(=O)N[C@H](Cc1c[nH]c2ccccc12)C(=O)O. The first-order valence-electron chi connectivity index (χ1n) is 9.15. The lowest BCUT2D eigenvalue weighted by atomic mass is 10.0. The van der Waals surface area contributed by atoms with Crippen LogP contribution in [0.5, 0.6) is 0 Å². The van der Waals surface area contributed by atoms with Crippen LogP contribution < -0.4 is 5.32 Å². The maximum absolute atomic E-state index is 12.9.